The number of nitrogens with one attached hydrogen (secondary N) is 1. The van der Waals surface area contributed by atoms with E-state index < -0.39 is 17.4 Å². The van der Waals surface area contributed by atoms with Crippen LogP contribution >= 0.6 is 0 Å². The zero-order valence-electron chi connectivity index (χ0n) is 14.6. The number of aromatic nitrogens is 2. The third-order valence-electron chi connectivity index (χ3n) is 4.36. The molecule has 1 fully saturated rings. The molecule has 1 aromatic carbocycles. The van der Waals surface area contributed by atoms with Gasteiger partial charge in [-0.25, -0.2) is 4.98 Å². The Morgan fingerprint density at radius 2 is 2.12 bits per heavy atom. The number of hydrogen-bond donors (Lipinski definition) is 1. The quantitative estimate of drug-likeness (QED) is 0.880. The SMILES string of the molecule is COc1ccccc1OCC(=O)N1CCC[C@H]1c1nc(C)c(F)c(=O)[nH]1. The Hall–Kier alpha value is -2.90. The maximum Gasteiger partial charge on any atom is 0.287 e. The van der Waals surface area contributed by atoms with Crippen LogP contribution in [0.1, 0.15) is 30.4 Å². The van der Waals surface area contributed by atoms with E-state index in [-0.39, 0.29) is 18.2 Å². The highest BCUT2D eigenvalue weighted by molar-refractivity contribution is 5.78. The molecule has 2 heterocycles. The number of halogens is 1. The summed E-state index contributed by atoms with van der Waals surface area (Å²) in [5, 5.41) is 0. The average molecular weight is 361 g/mol. The van der Waals surface area contributed by atoms with Gasteiger partial charge >= 0.3 is 0 Å². The first-order chi connectivity index (χ1) is 12.5. The van der Waals surface area contributed by atoms with Gasteiger partial charge in [0.15, 0.2) is 18.1 Å². The number of para-hydroxylation sites is 2. The molecule has 1 aromatic heterocycles. The lowest BCUT2D eigenvalue weighted by atomic mass is 10.2. The first-order valence-electron chi connectivity index (χ1n) is 8.33. The number of H-pyrrole nitrogens is 1. The van der Waals surface area contributed by atoms with Crippen molar-refractivity contribution < 1.29 is 18.7 Å². The highest BCUT2D eigenvalue weighted by Gasteiger charge is 2.32. The number of nitrogens with zero attached hydrogens (tertiary/aromatic N) is 2. The van der Waals surface area contributed by atoms with E-state index >= 15 is 0 Å². The molecule has 0 aliphatic carbocycles. The molecule has 1 aliphatic rings. The van der Waals surface area contributed by atoms with E-state index in [1.54, 1.807) is 23.1 Å². The molecule has 7 nitrogen and oxygen atoms in total. The summed E-state index contributed by atoms with van der Waals surface area (Å²) in [6, 6.07) is 6.67. The fraction of sp³-hybridized carbons (Fsp3) is 0.389. The molecule has 0 spiro atoms. The third-order valence-corrected chi connectivity index (χ3v) is 4.36. The standard InChI is InChI=1S/C18H20FN3O4/c1-11-16(19)18(24)21-17(20-11)12-6-5-9-22(12)15(23)10-26-14-8-4-3-7-13(14)25-2/h3-4,7-8,12H,5-6,9-10H2,1-2H3,(H,20,21,24)/t12-/m0/s1. The molecule has 1 amide bonds. The molecule has 1 N–H and O–H groups in total. The highest BCUT2D eigenvalue weighted by Crippen LogP contribution is 2.30. The molecule has 26 heavy (non-hydrogen) atoms. The molecular weight excluding hydrogens is 341 g/mol. The van der Waals surface area contributed by atoms with Crippen LogP contribution in [0.2, 0.25) is 0 Å². The van der Waals surface area contributed by atoms with Crippen molar-refractivity contribution in [3.63, 3.8) is 0 Å². The molecule has 1 saturated heterocycles. The van der Waals surface area contributed by atoms with Crippen LogP contribution in [0.3, 0.4) is 0 Å². The molecular formula is C18H20FN3O4. The second kappa shape index (κ2) is 7.55. The molecule has 0 bridgehead atoms. The van der Waals surface area contributed by atoms with Crippen LogP contribution in [0.15, 0.2) is 29.1 Å². The Balaban J connectivity index is 1.73. The molecule has 3 rings (SSSR count). The lowest BCUT2D eigenvalue weighted by molar-refractivity contribution is -0.134. The Bertz CT molecular complexity index is 868. The molecule has 1 aliphatic heterocycles. The largest absolute Gasteiger partial charge is 0.493 e. The number of carbonyl (C=O) groups excluding carboxylic acids is 1. The van der Waals surface area contributed by atoms with E-state index in [4.69, 9.17) is 9.47 Å². The van der Waals surface area contributed by atoms with Crippen LogP contribution in [-0.2, 0) is 4.79 Å². The predicted octanol–water partition coefficient (Wildman–Crippen LogP) is 1.97. The van der Waals surface area contributed by atoms with Gasteiger partial charge in [0, 0.05) is 6.54 Å². The molecule has 138 valence electrons. The Morgan fingerprint density at radius 3 is 2.81 bits per heavy atom. The van der Waals surface area contributed by atoms with E-state index in [0.717, 1.165) is 6.42 Å². The van der Waals surface area contributed by atoms with Crippen LogP contribution < -0.4 is 15.0 Å². The number of likely N-dealkylation sites (tertiary alicyclic amines) is 1. The van der Waals surface area contributed by atoms with Gasteiger partial charge in [-0.3, -0.25) is 9.59 Å². The van der Waals surface area contributed by atoms with Gasteiger partial charge in [-0.05, 0) is 31.9 Å². The fourth-order valence-electron chi connectivity index (χ4n) is 3.06. The summed E-state index contributed by atoms with van der Waals surface area (Å²) in [6.07, 6.45) is 1.42. The minimum Gasteiger partial charge on any atom is -0.493 e. The summed E-state index contributed by atoms with van der Waals surface area (Å²) in [4.78, 5) is 32.4. The maximum atomic E-state index is 13.5. The van der Waals surface area contributed by atoms with Crippen LogP contribution in [0, 0.1) is 12.7 Å². The summed E-state index contributed by atoms with van der Waals surface area (Å²) < 4.78 is 24.3. The maximum absolute atomic E-state index is 13.5. The van der Waals surface area contributed by atoms with Crippen LogP contribution in [-0.4, -0.2) is 41.0 Å². The number of ether oxygens (including phenoxy) is 2. The Morgan fingerprint density at radius 1 is 1.38 bits per heavy atom. The molecule has 0 unspecified atom stereocenters. The number of hydrogen-bond acceptors (Lipinski definition) is 5. The van der Waals surface area contributed by atoms with Gasteiger partial charge in [0.2, 0.25) is 5.82 Å². The average Bonchev–Trinajstić information content (AvgIpc) is 3.14. The van der Waals surface area contributed by atoms with Gasteiger partial charge in [-0.15, -0.1) is 0 Å². The van der Waals surface area contributed by atoms with Crippen LogP contribution in [0.4, 0.5) is 4.39 Å². The first kappa shape index (κ1) is 17.9. The summed E-state index contributed by atoms with van der Waals surface area (Å²) >= 11 is 0. The summed E-state index contributed by atoms with van der Waals surface area (Å²) in [5.74, 6) is 0.186. The van der Waals surface area contributed by atoms with Gasteiger partial charge in [0.25, 0.3) is 11.5 Å². The van der Waals surface area contributed by atoms with Gasteiger partial charge in [0.1, 0.15) is 5.82 Å². The molecule has 0 saturated carbocycles. The second-order valence-corrected chi connectivity index (χ2v) is 6.04. The van der Waals surface area contributed by atoms with Gasteiger partial charge in [-0.1, -0.05) is 12.1 Å². The number of amides is 1. The minimum atomic E-state index is -0.899. The summed E-state index contributed by atoms with van der Waals surface area (Å²) in [7, 11) is 1.53. The smallest absolute Gasteiger partial charge is 0.287 e. The van der Waals surface area contributed by atoms with Gasteiger partial charge < -0.3 is 19.4 Å². The number of methoxy groups -OCH3 is 1. The topological polar surface area (TPSA) is 84.5 Å². The van der Waals surface area contributed by atoms with Crippen molar-refractivity contribution in [2.45, 2.75) is 25.8 Å². The van der Waals surface area contributed by atoms with E-state index in [1.165, 1.54) is 14.0 Å². The van der Waals surface area contributed by atoms with Crippen molar-refractivity contribution in [2.24, 2.45) is 0 Å². The van der Waals surface area contributed by atoms with E-state index in [2.05, 4.69) is 9.97 Å². The zero-order valence-corrected chi connectivity index (χ0v) is 14.6. The summed E-state index contributed by atoms with van der Waals surface area (Å²) in [5.41, 5.74) is -0.801. The number of rotatable bonds is 5. The van der Waals surface area contributed by atoms with Crippen LogP contribution in [0.25, 0.3) is 0 Å². The Labute approximate surface area is 149 Å². The van der Waals surface area contributed by atoms with Crippen molar-refractivity contribution in [1.29, 1.82) is 0 Å². The van der Waals surface area contributed by atoms with Gasteiger partial charge in [0.05, 0.1) is 18.8 Å². The number of aryl methyl sites for hydroxylation is 1. The zero-order chi connectivity index (χ0) is 18.7. The van der Waals surface area contributed by atoms with E-state index in [1.807, 2.05) is 6.07 Å². The lowest BCUT2D eigenvalue weighted by Gasteiger charge is -2.24. The Kier molecular flexibility index (Phi) is 5.20. The highest BCUT2D eigenvalue weighted by atomic mass is 19.1. The normalized spacial score (nSPS) is 16.6. The van der Waals surface area contributed by atoms with Gasteiger partial charge in [-0.2, -0.15) is 4.39 Å². The first-order valence-corrected chi connectivity index (χ1v) is 8.33. The fourth-order valence-corrected chi connectivity index (χ4v) is 3.06. The number of benzene rings is 1. The third kappa shape index (κ3) is 3.54. The van der Waals surface area contributed by atoms with Crippen molar-refractivity contribution >= 4 is 5.91 Å². The lowest BCUT2D eigenvalue weighted by Crippen LogP contribution is -2.36. The predicted molar refractivity (Wildman–Crippen MR) is 91.7 cm³/mol. The molecule has 1 atom stereocenters. The van der Waals surface area contributed by atoms with E-state index in [9.17, 15) is 14.0 Å². The molecule has 2 aromatic rings. The summed E-state index contributed by atoms with van der Waals surface area (Å²) in [6.45, 7) is 1.79. The van der Waals surface area contributed by atoms with Crippen LogP contribution in [0.5, 0.6) is 11.5 Å². The van der Waals surface area contributed by atoms with Crippen molar-refractivity contribution in [3.05, 3.63) is 52.0 Å². The monoisotopic (exact) mass is 361 g/mol. The number of aromatic amines is 1. The van der Waals surface area contributed by atoms with Crippen molar-refractivity contribution in [3.8, 4) is 11.5 Å². The van der Waals surface area contributed by atoms with Crippen molar-refractivity contribution in [1.82, 2.24) is 14.9 Å². The van der Waals surface area contributed by atoms with E-state index in [0.29, 0.717) is 30.3 Å². The minimum absolute atomic E-state index is 0.0216. The molecule has 0 radical (unpaired) electrons. The molecule has 8 heteroatoms. The number of carbonyl (C=O) groups is 1. The van der Waals surface area contributed by atoms with Crippen molar-refractivity contribution in [2.75, 3.05) is 20.3 Å². The second-order valence-electron chi connectivity index (χ2n) is 6.04.